The van der Waals surface area contributed by atoms with Gasteiger partial charge in [-0.25, -0.2) is 0 Å². The third kappa shape index (κ3) is 2.60. The van der Waals surface area contributed by atoms with E-state index >= 15 is 0 Å². The van der Waals surface area contributed by atoms with Gasteiger partial charge in [-0.05, 0) is 49.1 Å². The second kappa shape index (κ2) is 6.36. The molecule has 3 aliphatic rings. The zero-order valence-corrected chi connectivity index (χ0v) is 15.9. The van der Waals surface area contributed by atoms with E-state index in [-0.39, 0.29) is 23.7 Å². The molecule has 0 aromatic heterocycles. The number of benzene rings is 2. The summed E-state index contributed by atoms with van der Waals surface area (Å²) in [4.78, 5) is 26.4. The van der Waals surface area contributed by atoms with Gasteiger partial charge in [-0.2, -0.15) is 0 Å². The van der Waals surface area contributed by atoms with Gasteiger partial charge in [-0.3, -0.25) is 9.59 Å². The first-order chi connectivity index (χ1) is 13.6. The largest absolute Gasteiger partial charge is 0.467 e. The first-order valence-electron chi connectivity index (χ1n) is 10.0. The maximum Gasteiger partial charge on any atom is 0.237 e. The Morgan fingerprint density at radius 2 is 2.04 bits per heavy atom. The van der Waals surface area contributed by atoms with Crippen molar-refractivity contribution in [3.63, 3.8) is 0 Å². The third-order valence-electron chi connectivity index (χ3n) is 6.46. The van der Waals surface area contributed by atoms with Crippen molar-refractivity contribution in [2.24, 2.45) is 11.8 Å². The minimum Gasteiger partial charge on any atom is -0.467 e. The Hall–Kier alpha value is -2.82. The number of rotatable bonds is 2. The van der Waals surface area contributed by atoms with Crippen LogP contribution in [0.25, 0.3) is 0 Å². The van der Waals surface area contributed by atoms with Gasteiger partial charge in [0.05, 0.1) is 0 Å². The lowest BCUT2D eigenvalue weighted by molar-refractivity contribution is -0.160. The van der Waals surface area contributed by atoms with Crippen LogP contribution >= 0.6 is 0 Å². The first-order valence-corrected chi connectivity index (χ1v) is 10.0. The smallest absolute Gasteiger partial charge is 0.237 e. The molecule has 1 saturated carbocycles. The van der Waals surface area contributed by atoms with Crippen LogP contribution in [-0.2, 0) is 9.59 Å². The van der Waals surface area contributed by atoms with Crippen LogP contribution in [0.4, 0.5) is 5.69 Å². The highest BCUT2D eigenvalue weighted by Gasteiger charge is 2.60. The molecule has 2 aromatic carbocycles. The topological polar surface area (TPSA) is 67.4 Å². The van der Waals surface area contributed by atoms with E-state index in [0.29, 0.717) is 0 Å². The van der Waals surface area contributed by atoms with Gasteiger partial charge in [0.25, 0.3) is 0 Å². The normalized spacial score (nSPS) is 30.3. The SMILES string of the molecule is Cc1cccc(NC(=O)[C@H]2C(=O)N[C@@]34CCCC[C@H]3[C@H]2c2ccccc2O4)c1. The van der Waals surface area contributed by atoms with E-state index in [0.717, 1.165) is 48.2 Å². The number of anilines is 1. The molecule has 2 aliphatic heterocycles. The lowest BCUT2D eigenvalue weighted by Crippen LogP contribution is -2.69. The highest BCUT2D eigenvalue weighted by Crippen LogP contribution is 2.55. The summed E-state index contributed by atoms with van der Waals surface area (Å²) in [6.45, 7) is 1.98. The van der Waals surface area contributed by atoms with Crippen LogP contribution in [0.3, 0.4) is 0 Å². The van der Waals surface area contributed by atoms with Crippen LogP contribution < -0.4 is 15.4 Å². The number of piperidine rings is 1. The molecule has 1 aliphatic carbocycles. The van der Waals surface area contributed by atoms with E-state index < -0.39 is 11.6 Å². The molecule has 0 radical (unpaired) electrons. The van der Waals surface area contributed by atoms with Gasteiger partial charge < -0.3 is 15.4 Å². The van der Waals surface area contributed by atoms with Gasteiger partial charge in [0.1, 0.15) is 11.7 Å². The number of carbonyl (C=O) groups excluding carboxylic acids is 2. The summed E-state index contributed by atoms with van der Waals surface area (Å²) < 4.78 is 6.36. The van der Waals surface area contributed by atoms with Crippen molar-refractivity contribution in [2.75, 3.05) is 5.32 Å². The zero-order valence-electron chi connectivity index (χ0n) is 15.9. The molecule has 0 spiro atoms. The summed E-state index contributed by atoms with van der Waals surface area (Å²) in [5.41, 5.74) is 2.09. The van der Waals surface area contributed by atoms with E-state index in [1.54, 1.807) is 0 Å². The Bertz CT molecular complexity index is 956. The fourth-order valence-electron chi connectivity index (χ4n) is 5.30. The molecule has 28 heavy (non-hydrogen) atoms. The van der Waals surface area contributed by atoms with Crippen molar-refractivity contribution < 1.29 is 14.3 Å². The van der Waals surface area contributed by atoms with Crippen molar-refractivity contribution in [1.82, 2.24) is 5.32 Å². The fourth-order valence-corrected chi connectivity index (χ4v) is 5.30. The summed E-state index contributed by atoms with van der Waals surface area (Å²) in [6.07, 6.45) is 3.86. The third-order valence-corrected chi connectivity index (χ3v) is 6.46. The lowest BCUT2D eigenvalue weighted by atomic mass is 9.62. The fraction of sp³-hybridized carbons (Fsp3) is 0.391. The van der Waals surface area contributed by atoms with Gasteiger partial charge in [-0.1, -0.05) is 36.8 Å². The van der Waals surface area contributed by atoms with E-state index in [1.807, 2.05) is 55.5 Å². The van der Waals surface area contributed by atoms with Gasteiger partial charge in [0, 0.05) is 23.9 Å². The second-order valence-electron chi connectivity index (χ2n) is 8.23. The molecule has 144 valence electrons. The standard InChI is InChI=1S/C23H24N2O3/c1-14-7-6-8-15(13-14)24-21(26)20-19-16-9-2-3-11-18(16)28-23(25-22(20)27)12-5-4-10-17(19)23/h2-3,6-9,11,13,17,19-20H,4-5,10,12H2,1H3,(H,24,26)(H,25,27)/t17-,19+,20-,23+/m0/s1. The highest BCUT2D eigenvalue weighted by atomic mass is 16.5. The zero-order chi connectivity index (χ0) is 19.3. The van der Waals surface area contributed by atoms with E-state index in [9.17, 15) is 9.59 Å². The number of fused-ring (bicyclic) bond motifs is 2. The van der Waals surface area contributed by atoms with Crippen molar-refractivity contribution in [3.05, 3.63) is 59.7 Å². The number of hydrogen-bond donors (Lipinski definition) is 2. The molecule has 5 rings (SSSR count). The summed E-state index contributed by atoms with van der Waals surface area (Å²) in [5.74, 6) is -0.501. The Morgan fingerprint density at radius 1 is 1.18 bits per heavy atom. The molecule has 2 bridgehead atoms. The number of carbonyl (C=O) groups is 2. The monoisotopic (exact) mass is 376 g/mol. The molecule has 2 aromatic rings. The summed E-state index contributed by atoms with van der Waals surface area (Å²) in [5, 5.41) is 6.08. The average molecular weight is 376 g/mol. The van der Waals surface area contributed by atoms with E-state index in [4.69, 9.17) is 4.74 Å². The molecule has 2 fully saturated rings. The summed E-state index contributed by atoms with van der Waals surface area (Å²) in [7, 11) is 0. The molecular formula is C23H24N2O3. The maximum atomic E-state index is 13.3. The van der Waals surface area contributed by atoms with Crippen molar-refractivity contribution in [3.8, 4) is 5.75 Å². The molecule has 4 atom stereocenters. The molecule has 2 N–H and O–H groups in total. The van der Waals surface area contributed by atoms with E-state index in [2.05, 4.69) is 10.6 Å². The van der Waals surface area contributed by atoms with Crippen LogP contribution in [-0.4, -0.2) is 17.5 Å². The molecule has 1 saturated heterocycles. The number of para-hydroxylation sites is 1. The maximum absolute atomic E-state index is 13.3. The highest BCUT2D eigenvalue weighted by molar-refractivity contribution is 6.08. The number of aryl methyl sites for hydroxylation is 1. The molecule has 0 unspecified atom stereocenters. The number of nitrogens with one attached hydrogen (secondary N) is 2. The Labute approximate surface area is 164 Å². The number of amides is 2. The molecule has 2 heterocycles. The van der Waals surface area contributed by atoms with E-state index in [1.165, 1.54) is 0 Å². The van der Waals surface area contributed by atoms with Crippen LogP contribution in [0.5, 0.6) is 5.75 Å². The number of ether oxygens (including phenoxy) is 1. The minimum atomic E-state index is -0.762. The predicted molar refractivity (Wildman–Crippen MR) is 106 cm³/mol. The second-order valence-corrected chi connectivity index (χ2v) is 8.23. The van der Waals surface area contributed by atoms with Crippen LogP contribution in [0.1, 0.15) is 42.7 Å². The summed E-state index contributed by atoms with van der Waals surface area (Å²) in [6, 6.07) is 15.5. The van der Waals surface area contributed by atoms with Crippen LogP contribution in [0, 0.1) is 18.8 Å². The molecular weight excluding hydrogens is 352 g/mol. The van der Waals surface area contributed by atoms with Crippen molar-refractivity contribution in [2.45, 2.75) is 44.2 Å². The minimum absolute atomic E-state index is 0.113. The van der Waals surface area contributed by atoms with Crippen LogP contribution in [0.2, 0.25) is 0 Å². The summed E-state index contributed by atoms with van der Waals surface area (Å²) >= 11 is 0. The Balaban J connectivity index is 1.55. The average Bonchev–Trinajstić information content (AvgIpc) is 2.67. The molecule has 5 heteroatoms. The van der Waals surface area contributed by atoms with Crippen LogP contribution in [0.15, 0.2) is 48.5 Å². The van der Waals surface area contributed by atoms with Gasteiger partial charge in [0.2, 0.25) is 11.8 Å². The Kier molecular flexibility index (Phi) is 3.93. The van der Waals surface area contributed by atoms with Gasteiger partial charge in [-0.15, -0.1) is 0 Å². The number of hydrogen-bond acceptors (Lipinski definition) is 3. The lowest BCUT2D eigenvalue weighted by Gasteiger charge is -2.55. The molecule has 5 nitrogen and oxygen atoms in total. The Morgan fingerprint density at radius 3 is 2.89 bits per heavy atom. The predicted octanol–water partition coefficient (Wildman–Crippen LogP) is 3.74. The van der Waals surface area contributed by atoms with Gasteiger partial charge >= 0.3 is 0 Å². The quantitative estimate of drug-likeness (QED) is 0.785. The van der Waals surface area contributed by atoms with Crippen molar-refractivity contribution >= 4 is 17.5 Å². The molecule has 2 amide bonds. The van der Waals surface area contributed by atoms with Gasteiger partial charge in [0.15, 0.2) is 5.72 Å². The van der Waals surface area contributed by atoms with Crippen molar-refractivity contribution in [1.29, 1.82) is 0 Å². The first kappa shape index (κ1) is 17.3.